The number of rotatable bonds is 10. The molecule has 0 unspecified atom stereocenters. The molecule has 21 heavy (non-hydrogen) atoms. The number of nitrogens with one attached hydrogen (secondary N) is 2. The molecule has 0 amide bonds. The van der Waals surface area contributed by atoms with Crippen molar-refractivity contribution >= 4 is 11.8 Å². The molecule has 118 valence electrons. The van der Waals surface area contributed by atoms with Crippen LogP contribution in [-0.2, 0) is 12.3 Å². The van der Waals surface area contributed by atoms with Crippen LogP contribution in [0.2, 0.25) is 0 Å². The predicted octanol–water partition coefficient (Wildman–Crippen LogP) is 1.46. The molecule has 0 saturated carbocycles. The predicted molar refractivity (Wildman–Crippen MR) is 84.4 cm³/mol. The van der Waals surface area contributed by atoms with Gasteiger partial charge in [0.25, 0.3) is 6.20 Å². The Labute approximate surface area is 133 Å². The van der Waals surface area contributed by atoms with Crippen molar-refractivity contribution in [1.29, 1.82) is 0 Å². The average Bonchev–Trinajstić information content (AvgIpc) is 2.82. The molecule has 7 nitrogen and oxygen atoms in total. The van der Waals surface area contributed by atoms with Gasteiger partial charge in [-0.15, -0.1) is 0 Å². The van der Waals surface area contributed by atoms with Gasteiger partial charge in [-0.2, -0.15) is 11.8 Å². The van der Waals surface area contributed by atoms with Crippen molar-refractivity contribution in [3.63, 3.8) is 0 Å². The molecular formula is C13H22N4O3S. The van der Waals surface area contributed by atoms with Gasteiger partial charge in [0.05, 0.1) is 17.2 Å². The Balaban J connectivity index is 2.33. The summed E-state index contributed by atoms with van der Waals surface area (Å²) in [7, 11) is 3.93. The van der Waals surface area contributed by atoms with E-state index in [2.05, 4.69) is 10.6 Å². The van der Waals surface area contributed by atoms with E-state index in [9.17, 15) is 10.1 Å². The van der Waals surface area contributed by atoms with Gasteiger partial charge in [0.1, 0.15) is 11.5 Å². The van der Waals surface area contributed by atoms with E-state index in [0.29, 0.717) is 24.3 Å². The van der Waals surface area contributed by atoms with Crippen molar-refractivity contribution in [2.45, 2.75) is 12.3 Å². The number of hydrogen-bond donors (Lipinski definition) is 2. The second kappa shape index (κ2) is 9.30. The van der Waals surface area contributed by atoms with Gasteiger partial charge < -0.3 is 20.0 Å². The molecule has 0 fully saturated rings. The number of hydrogen-bond acceptors (Lipinski definition) is 7. The van der Waals surface area contributed by atoms with Gasteiger partial charge in [-0.25, -0.2) is 0 Å². The van der Waals surface area contributed by atoms with Gasteiger partial charge in [-0.1, -0.05) is 0 Å². The summed E-state index contributed by atoms with van der Waals surface area (Å²) >= 11 is 1.58. The van der Waals surface area contributed by atoms with Crippen molar-refractivity contribution in [3.05, 3.63) is 45.8 Å². The molecule has 0 atom stereocenters. The SMILES string of the molecule is [2H][13C]([2H])([2H])N/C(=C\[N+](=O)[O-])NCCSCc1ccc(CN(C)C)o1. The van der Waals surface area contributed by atoms with Gasteiger partial charge in [-0.3, -0.25) is 10.1 Å². The zero-order valence-corrected chi connectivity index (χ0v) is 12.9. The highest BCUT2D eigenvalue weighted by Gasteiger charge is 2.04. The van der Waals surface area contributed by atoms with Crippen molar-refractivity contribution in [1.82, 2.24) is 15.5 Å². The minimum absolute atomic E-state index is 0.133. The minimum atomic E-state index is -2.49. The van der Waals surface area contributed by atoms with Crippen LogP contribution >= 0.6 is 11.8 Å². The minimum Gasteiger partial charge on any atom is -0.464 e. The van der Waals surface area contributed by atoms with E-state index in [1.165, 1.54) is 0 Å². The van der Waals surface area contributed by atoms with Crippen LogP contribution in [0, 0.1) is 10.1 Å². The highest BCUT2D eigenvalue weighted by Crippen LogP contribution is 2.15. The maximum absolute atomic E-state index is 10.5. The largest absolute Gasteiger partial charge is 0.464 e. The van der Waals surface area contributed by atoms with Crippen LogP contribution in [0.25, 0.3) is 0 Å². The van der Waals surface area contributed by atoms with Gasteiger partial charge in [0, 0.05) is 23.4 Å². The first-order chi connectivity index (χ1) is 11.2. The molecule has 0 radical (unpaired) electrons. The number of nitrogens with zero attached hydrogens (tertiary/aromatic N) is 2. The summed E-state index contributed by atoms with van der Waals surface area (Å²) in [6.45, 7) is -1.36. The summed E-state index contributed by atoms with van der Waals surface area (Å²) in [5.74, 6) is 2.94. The first-order valence-corrected chi connectivity index (χ1v) is 7.48. The molecule has 0 spiro atoms. The van der Waals surface area contributed by atoms with Gasteiger partial charge in [0.15, 0.2) is 5.82 Å². The van der Waals surface area contributed by atoms with E-state index >= 15 is 0 Å². The molecule has 1 rings (SSSR count). The Morgan fingerprint density at radius 1 is 1.57 bits per heavy atom. The maximum Gasteiger partial charge on any atom is 0.274 e. The van der Waals surface area contributed by atoms with E-state index in [4.69, 9.17) is 8.53 Å². The molecule has 0 aliphatic rings. The topological polar surface area (TPSA) is 83.6 Å². The lowest BCUT2D eigenvalue weighted by atomic mass is 10.4. The summed E-state index contributed by atoms with van der Waals surface area (Å²) in [6, 6.07) is 3.86. The quantitative estimate of drug-likeness (QED) is 0.292. The molecular weight excluding hydrogens is 293 g/mol. The normalized spacial score (nSPS) is 14.4. The zero-order chi connectivity index (χ0) is 18.2. The smallest absolute Gasteiger partial charge is 0.274 e. The molecule has 0 bridgehead atoms. The monoisotopic (exact) mass is 318 g/mol. The van der Waals surface area contributed by atoms with E-state index < -0.39 is 11.9 Å². The van der Waals surface area contributed by atoms with E-state index in [0.717, 1.165) is 18.1 Å². The standard InChI is InChI=1S/C13H22N4O3S/c1-14-13(9-17(18)19)15-6-7-21-10-12-5-4-11(20-12)8-16(2)3/h4-5,9,14-15H,6-8,10H2,1-3H3/b13-9+/i1+1D3. The lowest BCUT2D eigenvalue weighted by Crippen LogP contribution is -2.26. The van der Waals surface area contributed by atoms with E-state index in [-0.39, 0.29) is 5.82 Å². The molecule has 2 N–H and O–H groups in total. The van der Waals surface area contributed by atoms with Crippen LogP contribution in [0.15, 0.2) is 28.6 Å². The fourth-order valence-electron chi connectivity index (χ4n) is 1.55. The highest BCUT2D eigenvalue weighted by molar-refractivity contribution is 7.98. The average molecular weight is 318 g/mol. The van der Waals surface area contributed by atoms with Crippen molar-refractivity contribution in [2.24, 2.45) is 0 Å². The highest BCUT2D eigenvalue weighted by atomic mass is 32.2. The van der Waals surface area contributed by atoms with Crippen LogP contribution < -0.4 is 10.6 Å². The number of thioether (sulfide) groups is 1. The Hall–Kier alpha value is -1.67. The molecule has 1 aromatic heterocycles. The molecule has 0 aliphatic carbocycles. The first-order valence-electron chi connectivity index (χ1n) is 7.83. The molecule has 0 saturated heterocycles. The lowest BCUT2D eigenvalue weighted by Gasteiger charge is -2.07. The molecule has 0 aliphatic heterocycles. The van der Waals surface area contributed by atoms with Gasteiger partial charge in [-0.05, 0) is 26.2 Å². The fourth-order valence-corrected chi connectivity index (χ4v) is 2.30. The third kappa shape index (κ3) is 7.62. The molecule has 1 aromatic rings. The Kier molecular flexibility index (Phi) is 5.77. The second-order valence-corrected chi connectivity index (χ2v) is 5.64. The second-order valence-electron chi connectivity index (χ2n) is 4.54. The fraction of sp³-hybridized carbons (Fsp3) is 0.538. The van der Waals surface area contributed by atoms with E-state index in [1.807, 2.05) is 31.1 Å². The van der Waals surface area contributed by atoms with Gasteiger partial charge >= 0.3 is 0 Å². The Morgan fingerprint density at radius 2 is 2.33 bits per heavy atom. The van der Waals surface area contributed by atoms with E-state index in [1.54, 1.807) is 11.8 Å². The number of furan rings is 1. The lowest BCUT2D eigenvalue weighted by molar-refractivity contribution is -0.404. The summed E-state index contributed by atoms with van der Waals surface area (Å²) in [5, 5.41) is 15.3. The molecule has 1 heterocycles. The van der Waals surface area contributed by atoms with Crippen molar-refractivity contribution in [2.75, 3.05) is 33.4 Å². The third-order valence-corrected chi connectivity index (χ3v) is 3.35. The van der Waals surface area contributed by atoms with Crippen LogP contribution in [0.5, 0.6) is 0 Å². The van der Waals surface area contributed by atoms with Crippen LogP contribution in [0.1, 0.15) is 15.6 Å². The van der Waals surface area contributed by atoms with Crippen LogP contribution in [-0.4, -0.2) is 43.2 Å². The third-order valence-electron chi connectivity index (χ3n) is 2.36. The first kappa shape index (κ1) is 13.0. The van der Waals surface area contributed by atoms with Crippen LogP contribution in [0.4, 0.5) is 0 Å². The summed E-state index contributed by atoms with van der Waals surface area (Å²) in [6.07, 6.45) is 0.608. The Morgan fingerprint density at radius 3 is 3.00 bits per heavy atom. The summed E-state index contributed by atoms with van der Waals surface area (Å²) < 4.78 is 26.9. The van der Waals surface area contributed by atoms with Crippen molar-refractivity contribution < 1.29 is 13.5 Å². The number of nitro groups is 1. The summed E-state index contributed by atoms with van der Waals surface area (Å²) in [4.78, 5) is 11.8. The summed E-state index contributed by atoms with van der Waals surface area (Å²) in [5.41, 5.74) is 0. The molecule has 0 aromatic carbocycles. The van der Waals surface area contributed by atoms with Crippen molar-refractivity contribution in [3.8, 4) is 0 Å². The van der Waals surface area contributed by atoms with Crippen LogP contribution in [0.3, 0.4) is 0 Å². The zero-order valence-electron chi connectivity index (χ0n) is 15.1. The Bertz CT molecular complexity index is 561. The molecule has 8 heteroatoms. The maximum atomic E-state index is 10.5. The van der Waals surface area contributed by atoms with Gasteiger partial charge in [0.2, 0.25) is 0 Å².